The van der Waals surface area contributed by atoms with Gasteiger partial charge in [-0.1, -0.05) is 36.4 Å². The molecule has 0 spiro atoms. The molecule has 3 rings (SSSR count). The van der Waals surface area contributed by atoms with E-state index in [9.17, 15) is 10.1 Å². The molecule has 0 saturated carbocycles. The number of fused-ring (bicyclic) bond motifs is 1. The van der Waals surface area contributed by atoms with Crippen LogP contribution in [0.4, 0.5) is 5.82 Å². The molecule has 21 heavy (non-hydrogen) atoms. The fourth-order valence-electron chi connectivity index (χ4n) is 2.54. The molecule has 102 valence electrons. The number of benzene rings is 2. The van der Waals surface area contributed by atoms with Gasteiger partial charge < -0.3 is 5.73 Å². The highest BCUT2D eigenvalue weighted by atomic mass is 16.1. The van der Waals surface area contributed by atoms with Crippen LogP contribution in [0.5, 0.6) is 0 Å². The number of nitrogen functional groups attached to an aromatic ring is 1. The second-order valence-electron chi connectivity index (χ2n) is 4.84. The summed E-state index contributed by atoms with van der Waals surface area (Å²) in [4.78, 5) is 12.7. The fraction of sp³-hybridized carbons (Fsp3) is 0.0588. The van der Waals surface area contributed by atoms with E-state index in [-0.39, 0.29) is 11.4 Å². The van der Waals surface area contributed by atoms with Gasteiger partial charge in [0.2, 0.25) is 0 Å². The number of aromatic nitrogens is 1. The maximum atomic E-state index is 12.7. The first-order valence-electron chi connectivity index (χ1n) is 6.54. The Morgan fingerprint density at radius 1 is 1.05 bits per heavy atom. The highest BCUT2D eigenvalue weighted by molar-refractivity contribution is 5.91. The molecule has 2 N–H and O–H groups in total. The highest BCUT2D eigenvalue weighted by Gasteiger charge is 2.16. The van der Waals surface area contributed by atoms with Gasteiger partial charge in [-0.15, -0.1) is 0 Å². The number of para-hydroxylation sites is 1. The van der Waals surface area contributed by atoms with Gasteiger partial charge in [0.25, 0.3) is 5.56 Å². The Hall–Kier alpha value is -3.06. The third-order valence-electron chi connectivity index (χ3n) is 3.60. The molecule has 4 heteroatoms. The summed E-state index contributed by atoms with van der Waals surface area (Å²) in [7, 11) is 0. The van der Waals surface area contributed by atoms with Crippen LogP contribution >= 0.6 is 0 Å². The molecule has 0 atom stereocenters. The van der Waals surface area contributed by atoms with Crippen molar-refractivity contribution in [2.45, 2.75) is 6.92 Å². The lowest BCUT2D eigenvalue weighted by atomic mass is 10.1. The molecule has 0 unspecified atom stereocenters. The van der Waals surface area contributed by atoms with Gasteiger partial charge in [0.15, 0.2) is 0 Å². The molecule has 0 radical (unpaired) electrons. The van der Waals surface area contributed by atoms with Gasteiger partial charge in [0.1, 0.15) is 17.5 Å². The van der Waals surface area contributed by atoms with Crippen molar-refractivity contribution in [3.05, 3.63) is 70.0 Å². The van der Waals surface area contributed by atoms with Crippen molar-refractivity contribution >= 4 is 16.6 Å². The predicted octanol–water partition coefficient (Wildman–Crippen LogP) is 2.75. The van der Waals surface area contributed by atoms with Crippen LogP contribution in [0.15, 0.2) is 53.3 Å². The molecule has 0 amide bonds. The summed E-state index contributed by atoms with van der Waals surface area (Å²) in [5, 5.41) is 10.5. The topological polar surface area (TPSA) is 71.8 Å². The van der Waals surface area contributed by atoms with Crippen LogP contribution in [0.25, 0.3) is 16.5 Å². The lowest BCUT2D eigenvalue weighted by Crippen LogP contribution is -2.23. The van der Waals surface area contributed by atoms with Gasteiger partial charge in [-0.25, -0.2) is 0 Å². The zero-order valence-electron chi connectivity index (χ0n) is 11.5. The average Bonchev–Trinajstić information content (AvgIpc) is 2.50. The lowest BCUT2D eigenvalue weighted by Gasteiger charge is -2.15. The fourth-order valence-corrected chi connectivity index (χ4v) is 2.54. The van der Waals surface area contributed by atoms with E-state index in [0.29, 0.717) is 22.0 Å². The Labute approximate surface area is 121 Å². The van der Waals surface area contributed by atoms with E-state index >= 15 is 0 Å². The monoisotopic (exact) mass is 275 g/mol. The predicted molar refractivity (Wildman–Crippen MR) is 83.4 cm³/mol. The van der Waals surface area contributed by atoms with Crippen LogP contribution < -0.4 is 11.3 Å². The second-order valence-corrected chi connectivity index (χ2v) is 4.84. The molecule has 0 aliphatic carbocycles. The summed E-state index contributed by atoms with van der Waals surface area (Å²) >= 11 is 0. The van der Waals surface area contributed by atoms with Crippen molar-refractivity contribution in [1.29, 1.82) is 5.26 Å². The Balaban J connectivity index is 2.54. The third-order valence-corrected chi connectivity index (χ3v) is 3.60. The van der Waals surface area contributed by atoms with Crippen molar-refractivity contribution in [2.24, 2.45) is 0 Å². The summed E-state index contributed by atoms with van der Waals surface area (Å²) in [6.45, 7) is 1.91. The maximum Gasteiger partial charge on any atom is 0.264 e. The summed E-state index contributed by atoms with van der Waals surface area (Å²) in [6, 6.07) is 16.6. The zero-order valence-corrected chi connectivity index (χ0v) is 11.5. The Morgan fingerprint density at radius 2 is 1.67 bits per heavy atom. The molecule has 1 aromatic heterocycles. The lowest BCUT2D eigenvalue weighted by molar-refractivity contribution is 1.00. The Morgan fingerprint density at radius 3 is 2.33 bits per heavy atom. The standard InChI is InChI=1S/C17H13N3O/c1-11-6-2-5-9-15(11)20-16(19)14(10-18)12-7-3-4-8-13(12)17(20)21/h2-9H,19H2,1H3. The molecule has 4 nitrogen and oxygen atoms in total. The number of hydrogen-bond acceptors (Lipinski definition) is 3. The molecule has 0 aliphatic heterocycles. The Bertz CT molecular complexity index is 948. The summed E-state index contributed by atoms with van der Waals surface area (Å²) in [5.41, 5.74) is 7.84. The number of nitrogens with zero attached hydrogens (tertiary/aromatic N) is 2. The van der Waals surface area contributed by atoms with E-state index in [2.05, 4.69) is 6.07 Å². The van der Waals surface area contributed by atoms with Gasteiger partial charge >= 0.3 is 0 Å². The smallest absolute Gasteiger partial charge is 0.264 e. The average molecular weight is 275 g/mol. The number of nitrogens with two attached hydrogens (primary N) is 1. The van der Waals surface area contributed by atoms with Crippen LogP contribution in [0, 0.1) is 18.3 Å². The van der Waals surface area contributed by atoms with Gasteiger partial charge in [0, 0.05) is 10.8 Å². The second kappa shape index (κ2) is 4.80. The van der Waals surface area contributed by atoms with E-state index in [1.807, 2.05) is 31.2 Å². The number of pyridine rings is 1. The summed E-state index contributed by atoms with van der Waals surface area (Å²) < 4.78 is 1.41. The van der Waals surface area contributed by atoms with Crippen LogP contribution in [0.3, 0.4) is 0 Å². The van der Waals surface area contributed by atoms with E-state index in [1.54, 1.807) is 24.3 Å². The molecule has 1 heterocycles. The minimum atomic E-state index is -0.212. The van der Waals surface area contributed by atoms with Crippen LogP contribution in [0.2, 0.25) is 0 Å². The first-order chi connectivity index (χ1) is 10.1. The minimum Gasteiger partial charge on any atom is -0.384 e. The largest absolute Gasteiger partial charge is 0.384 e. The first-order valence-corrected chi connectivity index (χ1v) is 6.54. The molecule has 0 aliphatic rings. The van der Waals surface area contributed by atoms with Crippen molar-refractivity contribution in [2.75, 3.05) is 5.73 Å². The first kappa shape index (κ1) is 12.9. The van der Waals surface area contributed by atoms with Crippen molar-refractivity contribution < 1.29 is 0 Å². The molecule has 0 bridgehead atoms. The van der Waals surface area contributed by atoms with Gasteiger partial charge in [-0.05, 0) is 24.6 Å². The number of anilines is 1. The molecule has 0 fully saturated rings. The molecular weight excluding hydrogens is 262 g/mol. The molecule has 2 aromatic carbocycles. The van der Waals surface area contributed by atoms with E-state index in [4.69, 9.17) is 5.73 Å². The molecule has 0 saturated heterocycles. The maximum absolute atomic E-state index is 12.7. The zero-order chi connectivity index (χ0) is 15.0. The van der Waals surface area contributed by atoms with Gasteiger partial charge in [-0.3, -0.25) is 9.36 Å². The van der Waals surface area contributed by atoms with Gasteiger partial charge in [-0.2, -0.15) is 5.26 Å². The summed E-state index contributed by atoms with van der Waals surface area (Å²) in [5.74, 6) is 0.176. The molecular formula is C17H13N3O. The Kier molecular flexibility index (Phi) is 2.96. The van der Waals surface area contributed by atoms with Gasteiger partial charge in [0.05, 0.1) is 5.69 Å². The van der Waals surface area contributed by atoms with Crippen LogP contribution in [-0.4, -0.2) is 4.57 Å². The van der Waals surface area contributed by atoms with E-state index in [1.165, 1.54) is 4.57 Å². The number of aryl methyl sites for hydroxylation is 1. The third kappa shape index (κ3) is 1.87. The SMILES string of the molecule is Cc1ccccc1-n1c(N)c(C#N)c2ccccc2c1=O. The number of hydrogen-bond donors (Lipinski definition) is 1. The van der Waals surface area contributed by atoms with Crippen LogP contribution in [-0.2, 0) is 0 Å². The van der Waals surface area contributed by atoms with Crippen LogP contribution in [0.1, 0.15) is 11.1 Å². The molecule has 3 aromatic rings. The summed E-state index contributed by atoms with van der Waals surface area (Å²) in [6.07, 6.45) is 0. The number of rotatable bonds is 1. The normalized spacial score (nSPS) is 10.5. The quantitative estimate of drug-likeness (QED) is 0.742. The number of nitriles is 1. The van der Waals surface area contributed by atoms with E-state index < -0.39 is 0 Å². The minimum absolute atomic E-state index is 0.176. The van der Waals surface area contributed by atoms with E-state index in [0.717, 1.165) is 5.56 Å². The highest BCUT2D eigenvalue weighted by Crippen LogP contribution is 2.24. The van der Waals surface area contributed by atoms with Crippen molar-refractivity contribution in [3.63, 3.8) is 0 Å². The van der Waals surface area contributed by atoms with Crippen molar-refractivity contribution in [1.82, 2.24) is 4.57 Å². The van der Waals surface area contributed by atoms with Crippen molar-refractivity contribution in [3.8, 4) is 11.8 Å².